The Bertz CT molecular complexity index is 522. The normalized spacial score (nSPS) is 11.7. The van der Waals surface area contributed by atoms with Crippen LogP contribution in [0, 0.1) is 0 Å². The van der Waals surface area contributed by atoms with Gasteiger partial charge in [-0.15, -0.1) is 0 Å². The van der Waals surface area contributed by atoms with Gasteiger partial charge in [0.25, 0.3) is 0 Å². The maximum Gasteiger partial charge on any atom is 0.237 e. The summed E-state index contributed by atoms with van der Waals surface area (Å²) in [6, 6.07) is 9.05. The van der Waals surface area contributed by atoms with Crippen molar-refractivity contribution in [3.05, 3.63) is 41.3 Å². The van der Waals surface area contributed by atoms with Gasteiger partial charge in [0.05, 0.1) is 6.54 Å². The van der Waals surface area contributed by atoms with Crippen molar-refractivity contribution < 1.29 is 13.2 Å². The second-order valence-electron chi connectivity index (χ2n) is 3.87. The molecule has 0 radical (unpaired) electrons. The molecule has 0 aliphatic carbocycles. The smallest absolute Gasteiger partial charge is 0.237 e. The van der Waals surface area contributed by atoms with Gasteiger partial charge in [0, 0.05) is 19.5 Å². The van der Waals surface area contributed by atoms with Crippen LogP contribution in [0.5, 0.6) is 0 Å². The third-order valence-corrected chi connectivity index (χ3v) is 3.20. The van der Waals surface area contributed by atoms with Gasteiger partial charge in [-0.3, -0.25) is 4.79 Å². The van der Waals surface area contributed by atoms with Crippen molar-refractivity contribution in [3.63, 3.8) is 0 Å². The Morgan fingerprint density at radius 1 is 1.28 bits per heavy atom. The van der Waals surface area contributed by atoms with Crippen molar-refractivity contribution in [1.29, 1.82) is 0 Å². The molecule has 0 saturated heterocycles. The fourth-order valence-corrected chi connectivity index (χ4v) is 1.86. The minimum absolute atomic E-state index is 0.242. The molecular formula is C12H16N2O3S. The first-order valence-corrected chi connectivity index (χ1v) is 6.88. The molecular weight excluding hydrogens is 252 g/mol. The molecule has 1 N–H and O–H groups in total. The largest absolute Gasteiger partial charge is 0.348 e. The SMILES string of the molecule is CN(C)C(=O)CNS(=O)(=O)C=Cc1ccccc1. The lowest BCUT2D eigenvalue weighted by Crippen LogP contribution is -2.35. The maximum absolute atomic E-state index is 11.6. The highest BCUT2D eigenvalue weighted by atomic mass is 32.2. The van der Waals surface area contributed by atoms with Crippen LogP contribution in [0.15, 0.2) is 35.7 Å². The van der Waals surface area contributed by atoms with Gasteiger partial charge >= 0.3 is 0 Å². The molecule has 1 aromatic rings. The summed E-state index contributed by atoms with van der Waals surface area (Å²) >= 11 is 0. The number of hydrogen-bond donors (Lipinski definition) is 1. The average Bonchev–Trinajstić information content (AvgIpc) is 2.35. The Morgan fingerprint density at radius 3 is 2.44 bits per heavy atom. The van der Waals surface area contributed by atoms with Gasteiger partial charge in [0.1, 0.15) is 0 Å². The molecule has 0 aliphatic rings. The highest BCUT2D eigenvalue weighted by Crippen LogP contribution is 2.02. The molecule has 0 heterocycles. The zero-order chi connectivity index (χ0) is 13.6. The van der Waals surface area contributed by atoms with Crippen molar-refractivity contribution in [1.82, 2.24) is 9.62 Å². The van der Waals surface area contributed by atoms with E-state index < -0.39 is 10.0 Å². The molecule has 0 aromatic heterocycles. The second-order valence-corrected chi connectivity index (χ2v) is 5.52. The number of nitrogens with zero attached hydrogens (tertiary/aromatic N) is 1. The number of likely N-dealkylation sites (N-methyl/N-ethyl adjacent to an activating group) is 1. The highest BCUT2D eigenvalue weighted by molar-refractivity contribution is 7.92. The molecule has 0 saturated carbocycles. The number of carbonyl (C=O) groups is 1. The number of carbonyl (C=O) groups excluding carboxylic acids is 1. The summed E-state index contributed by atoms with van der Waals surface area (Å²) < 4.78 is 25.3. The second kappa shape index (κ2) is 6.32. The molecule has 1 amide bonds. The van der Waals surface area contributed by atoms with E-state index in [2.05, 4.69) is 4.72 Å². The number of sulfonamides is 1. The van der Waals surface area contributed by atoms with Crippen LogP contribution < -0.4 is 4.72 Å². The molecule has 0 spiro atoms. The van der Waals surface area contributed by atoms with Crippen LogP contribution in [0.4, 0.5) is 0 Å². The van der Waals surface area contributed by atoms with Crippen molar-refractivity contribution in [2.45, 2.75) is 0 Å². The molecule has 98 valence electrons. The lowest BCUT2D eigenvalue weighted by molar-refractivity contribution is -0.127. The number of benzene rings is 1. The lowest BCUT2D eigenvalue weighted by atomic mass is 10.2. The fraction of sp³-hybridized carbons (Fsp3) is 0.250. The van der Waals surface area contributed by atoms with E-state index in [1.807, 2.05) is 18.2 Å². The zero-order valence-electron chi connectivity index (χ0n) is 10.3. The van der Waals surface area contributed by atoms with Crippen LogP contribution in [-0.2, 0) is 14.8 Å². The lowest BCUT2D eigenvalue weighted by Gasteiger charge is -2.09. The zero-order valence-corrected chi connectivity index (χ0v) is 11.1. The monoisotopic (exact) mass is 268 g/mol. The van der Waals surface area contributed by atoms with E-state index in [1.165, 1.54) is 11.0 Å². The summed E-state index contributed by atoms with van der Waals surface area (Å²) in [6.07, 6.45) is 1.47. The Morgan fingerprint density at radius 2 is 1.89 bits per heavy atom. The molecule has 6 heteroatoms. The highest BCUT2D eigenvalue weighted by Gasteiger charge is 2.09. The summed E-state index contributed by atoms with van der Waals surface area (Å²) in [6.45, 7) is -0.242. The first-order chi connectivity index (χ1) is 8.41. The quantitative estimate of drug-likeness (QED) is 0.853. The molecule has 0 unspecified atom stereocenters. The standard InChI is InChI=1S/C12H16N2O3S/c1-14(2)12(15)10-13-18(16,17)9-8-11-6-4-3-5-7-11/h3-9,13H,10H2,1-2H3. The average molecular weight is 268 g/mol. The summed E-state index contributed by atoms with van der Waals surface area (Å²) in [7, 11) is -0.455. The van der Waals surface area contributed by atoms with E-state index >= 15 is 0 Å². The minimum atomic E-state index is -3.59. The molecule has 0 aliphatic heterocycles. The molecule has 0 bridgehead atoms. The summed E-state index contributed by atoms with van der Waals surface area (Å²) in [5.74, 6) is -0.299. The van der Waals surface area contributed by atoms with E-state index in [9.17, 15) is 13.2 Å². The van der Waals surface area contributed by atoms with Gasteiger partial charge in [-0.2, -0.15) is 0 Å². The number of hydrogen-bond acceptors (Lipinski definition) is 3. The minimum Gasteiger partial charge on any atom is -0.348 e. The van der Waals surface area contributed by atoms with E-state index in [0.717, 1.165) is 11.0 Å². The van der Waals surface area contributed by atoms with Crippen LogP contribution in [0.2, 0.25) is 0 Å². The summed E-state index contributed by atoms with van der Waals surface area (Å²) in [4.78, 5) is 12.6. The maximum atomic E-state index is 11.6. The van der Waals surface area contributed by atoms with Crippen LogP contribution in [0.25, 0.3) is 6.08 Å². The Kier molecular flexibility index (Phi) is 5.06. The van der Waals surface area contributed by atoms with Crippen molar-refractivity contribution in [2.24, 2.45) is 0 Å². The molecule has 5 nitrogen and oxygen atoms in total. The summed E-state index contributed by atoms with van der Waals surface area (Å²) in [5.41, 5.74) is 0.779. The number of rotatable bonds is 5. The number of nitrogens with one attached hydrogen (secondary N) is 1. The molecule has 0 atom stereocenters. The van der Waals surface area contributed by atoms with Crippen molar-refractivity contribution in [2.75, 3.05) is 20.6 Å². The topological polar surface area (TPSA) is 66.5 Å². The first kappa shape index (κ1) is 14.4. The molecule has 0 fully saturated rings. The predicted octanol–water partition coefficient (Wildman–Crippen LogP) is 0.665. The first-order valence-electron chi connectivity index (χ1n) is 5.34. The number of amides is 1. The third kappa shape index (κ3) is 5.11. The Hall–Kier alpha value is -1.66. The van der Waals surface area contributed by atoms with Gasteiger partial charge in [-0.1, -0.05) is 30.3 Å². The fourth-order valence-electron chi connectivity index (χ4n) is 1.10. The predicted molar refractivity (Wildman–Crippen MR) is 71.1 cm³/mol. The van der Waals surface area contributed by atoms with Gasteiger partial charge < -0.3 is 4.90 Å². The Labute approximate surface area is 107 Å². The van der Waals surface area contributed by atoms with E-state index in [1.54, 1.807) is 26.2 Å². The van der Waals surface area contributed by atoms with E-state index in [4.69, 9.17) is 0 Å². The van der Waals surface area contributed by atoms with Gasteiger partial charge in [0.15, 0.2) is 0 Å². The molecule has 18 heavy (non-hydrogen) atoms. The molecule has 1 rings (SSSR count). The van der Waals surface area contributed by atoms with Gasteiger partial charge in [0.2, 0.25) is 15.9 Å². The van der Waals surface area contributed by atoms with E-state index in [0.29, 0.717) is 0 Å². The van der Waals surface area contributed by atoms with Crippen molar-refractivity contribution >= 4 is 22.0 Å². The van der Waals surface area contributed by atoms with Crippen LogP contribution in [0.1, 0.15) is 5.56 Å². The third-order valence-electron chi connectivity index (χ3n) is 2.16. The van der Waals surface area contributed by atoms with Crippen LogP contribution in [-0.4, -0.2) is 39.9 Å². The van der Waals surface area contributed by atoms with E-state index in [-0.39, 0.29) is 12.5 Å². The van der Waals surface area contributed by atoms with Crippen molar-refractivity contribution in [3.8, 4) is 0 Å². The molecule has 1 aromatic carbocycles. The van der Waals surface area contributed by atoms with Gasteiger partial charge in [-0.05, 0) is 11.6 Å². The van der Waals surface area contributed by atoms with Gasteiger partial charge in [-0.25, -0.2) is 13.1 Å². The van der Waals surface area contributed by atoms with Crippen LogP contribution >= 0.6 is 0 Å². The summed E-state index contributed by atoms with van der Waals surface area (Å²) in [5, 5.41) is 1.05. The Balaban J connectivity index is 2.60. The van der Waals surface area contributed by atoms with Crippen LogP contribution in [0.3, 0.4) is 0 Å².